The number of carbonyl (C=O) groups excluding carboxylic acids is 1. The number of rotatable bonds is 4. The van der Waals surface area contributed by atoms with E-state index >= 15 is 0 Å². The van der Waals surface area contributed by atoms with Crippen LogP contribution in [0.5, 0.6) is 0 Å². The summed E-state index contributed by atoms with van der Waals surface area (Å²) in [6.07, 6.45) is 1.56. The van der Waals surface area contributed by atoms with Gasteiger partial charge in [0.15, 0.2) is 0 Å². The average Bonchev–Trinajstić information content (AvgIpc) is 2.70. The lowest BCUT2D eigenvalue weighted by atomic mass is 10.2. The van der Waals surface area contributed by atoms with E-state index in [9.17, 15) is 14.9 Å². The summed E-state index contributed by atoms with van der Waals surface area (Å²) >= 11 is 0. The number of hydrogen-bond donors (Lipinski definition) is 0. The fourth-order valence-electron chi connectivity index (χ4n) is 1.88. The lowest BCUT2D eigenvalue weighted by molar-refractivity contribution is -0.384. The number of non-ortho nitro benzene ring substituents is 1. The summed E-state index contributed by atoms with van der Waals surface area (Å²) in [6.45, 7) is 3.67. The van der Waals surface area contributed by atoms with E-state index in [-0.39, 0.29) is 24.3 Å². The molecule has 0 N–H and O–H groups in total. The molecule has 1 aromatic heterocycles. The van der Waals surface area contributed by atoms with Gasteiger partial charge in [-0.15, -0.1) is 0 Å². The monoisotopic (exact) mass is 262 g/mol. The average molecular weight is 262 g/mol. The smallest absolute Gasteiger partial charge is 0.326 e. The maximum absolute atomic E-state index is 11.6. The Morgan fingerprint density at radius 3 is 2.79 bits per heavy atom. The molecule has 19 heavy (non-hydrogen) atoms. The number of hydrogen-bond acceptors (Lipinski definition) is 4. The standard InChI is InChI=1S/C13H14N2O4/c1-9(2)19-13(16)8-14-6-5-10-7-11(15(17)18)3-4-12(10)14/h3-7,9H,8H2,1-2H3. The lowest BCUT2D eigenvalue weighted by Gasteiger charge is -2.09. The van der Waals surface area contributed by atoms with Crippen LogP contribution in [0.2, 0.25) is 0 Å². The molecule has 0 unspecified atom stereocenters. The summed E-state index contributed by atoms with van der Waals surface area (Å²) in [6, 6.07) is 6.29. The van der Waals surface area contributed by atoms with Crippen molar-refractivity contribution in [3.8, 4) is 0 Å². The van der Waals surface area contributed by atoms with Crippen LogP contribution in [0.1, 0.15) is 13.8 Å². The van der Waals surface area contributed by atoms with Gasteiger partial charge in [-0.05, 0) is 26.0 Å². The minimum Gasteiger partial charge on any atom is -0.462 e. The van der Waals surface area contributed by atoms with Gasteiger partial charge >= 0.3 is 5.97 Å². The van der Waals surface area contributed by atoms with Crippen LogP contribution in [0.25, 0.3) is 10.9 Å². The van der Waals surface area contributed by atoms with Gasteiger partial charge in [-0.1, -0.05) is 0 Å². The maximum Gasteiger partial charge on any atom is 0.326 e. The zero-order valence-corrected chi connectivity index (χ0v) is 10.7. The molecule has 100 valence electrons. The van der Waals surface area contributed by atoms with Crippen molar-refractivity contribution >= 4 is 22.6 Å². The highest BCUT2D eigenvalue weighted by atomic mass is 16.6. The van der Waals surface area contributed by atoms with Crippen LogP contribution >= 0.6 is 0 Å². The lowest BCUT2D eigenvalue weighted by Crippen LogP contribution is -2.16. The van der Waals surface area contributed by atoms with Gasteiger partial charge in [-0.25, -0.2) is 0 Å². The number of aromatic nitrogens is 1. The molecule has 1 aromatic carbocycles. The van der Waals surface area contributed by atoms with Gasteiger partial charge in [-0.2, -0.15) is 0 Å². The van der Waals surface area contributed by atoms with E-state index in [0.717, 1.165) is 10.9 Å². The quantitative estimate of drug-likeness (QED) is 0.482. The van der Waals surface area contributed by atoms with Crippen LogP contribution in [-0.4, -0.2) is 21.6 Å². The highest BCUT2D eigenvalue weighted by Crippen LogP contribution is 2.21. The first-order valence-electron chi connectivity index (χ1n) is 5.90. The predicted octanol–water partition coefficient (Wildman–Crippen LogP) is 2.50. The first-order valence-corrected chi connectivity index (χ1v) is 5.90. The molecule has 0 amide bonds. The third-order valence-corrected chi connectivity index (χ3v) is 2.63. The van der Waals surface area contributed by atoms with Gasteiger partial charge in [0, 0.05) is 29.2 Å². The minimum atomic E-state index is -0.441. The Morgan fingerprint density at radius 1 is 1.42 bits per heavy atom. The van der Waals surface area contributed by atoms with Crippen molar-refractivity contribution < 1.29 is 14.5 Å². The predicted molar refractivity (Wildman–Crippen MR) is 69.8 cm³/mol. The molecule has 1 heterocycles. The Labute approximate surface area is 109 Å². The van der Waals surface area contributed by atoms with Crippen LogP contribution < -0.4 is 0 Å². The molecule has 0 aliphatic heterocycles. The molecule has 6 nitrogen and oxygen atoms in total. The second kappa shape index (κ2) is 5.09. The van der Waals surface area contributed by atoms with Gasteiger partial charge in [0.05, 0.1) is 11.0 Å². The molecule has 0 spiro atoms. The molecule has 0 bridgehead atoms. The fourth-order valence-corrected chi connectivity index (χ4v) is 1.88. The molecule has 0 aliphatic carbocycles. The number of ether oxygens (including phenoxy) is 1. The van der Waals surface area contributed by atoms with Gasteiger partial charge < -0.3 is 9.30 Å². The molecule has 6 heteroatoms. The van der Waals surface area contributed by atoms with Crippen molar-refractivity contribution in [2.45, 2.75) is 26.5 Å². The highest BCUT2D eigenvalue weighted by molar-refractivity contribution is 5.84. The van der Waals surface area contributed by atoms with E-state index in [4.69, 9.17) is 4.74 Å². The molecular formula is C13H14N2O4. The zero-order chi connectivity index (χ0) is 14.0. The second-order valence-electron chi connectivity index (χ2n) is 4.48. The summed E-state index contributed by atoms with van der Waals surface area (Å²) < 4.78 is 6.78. The van der Waals surface area contributed by atoms with Crippen LogP contribution in [0.15, 0.2) is 30.5 Å². The third kappa shape index (κ3) is 2.90. The van der Waals surface area contributed by atoms with Gasteiger partial charge in [-0.3, -0.25) is 14.9 Å². The van der Waals surface area contributed by atoms with Crippen LogP contribution in [0, 0.1) is 10.1 Å². The Hall–Kier alpha value is -2.37. The molecule has 2 aromatic rings. The van der Waals surface area contributed by atoms with Crippen LogP contribution in [-0.2, 0) is 16.1 Å². The largest absolute Gasteiger partial charge is 0.462 e. The van der Waals surface area contributed by atoms with E-state index in [0.29, 0.717) is 0 Å². The van der Waals surface area contributed by atoms with Crippen molar-refractivity contribution in [3.63, 3.8) is 0 Å². The zero-order valence-electron chi connectivity index (χ0n) is 10.7. The topological polar surface area (TPSA) is 74.4 Å². The summed E-state index contributed by atoms with van der Waals surface area (Å²) in [5.74, 6) is -0.328. The summed E-state index contributed by atoms with van der Waals surface area (Å²) in [5.41, 5.74) is 0.807. The number of fused-ring (bicyclic) bond motifs is 1. The first kappa shape index (κ1) is 13.1. The number of carbonyl (C=O) groups is 1. The molecule has 0 radical (unpaired) electrons. The number of nitro groups is 1. The van der Waals surface area contributed by atoms with Crippen molar-refractivity contribution in [2.75, 3.05) is 0 Å². The summed E-state index contributed by atoms with van der Waals surface area (Å²) in [4.78, 5) is 21.8. The van der Waals surface area contributed by atoms with Crippen molar-refractivity contribution in [2.24, 2.45) is 0 Å². The van der Waals surface area contributed by atoms with Gasteiger partial charge in [0.2, 0.25) is 0 Å². The van der Waals surface area contributed by atoms with Crippen molar-refractivity contribution in [3.05, 3.63) is 40.6 Å². The maximum atomic E-state index is 11.6. The van der Waals surface area contributed by atoms with E-state index < -0.39 is 4.92 Å². The molecule has 0 fully saturated rings. The SMILES string of the molecule is CC(C)OC(=O)Cn1ccc2cc([N+](=O)[O-])ccc21. The Bertz CT molecular complexity index is 631. The molecule has 0 saturated heterocycles. The number of nitro benzene ring substituents is 1. The fraction of sp³-hybridized carbons (Fsp3) is 0.308. The number of nitrogens with zero attached hydrogens (tertiary/aromatic N) is 2. The summed E-state index contributed by atoms with van der Waals surface area (Å²) in [7, 11) is 0. The minimum absolute atomic E-state index is 0.0370. The second-order valence-corrected chi connectivity index (χ2v) is 4.48. The van der Waals surface area contributed by atoms with Crippen LogP contribution in [0.4, 0.5) is 5.69 Å². The van der Waals surface area contributed by atoms with Crippen molar-refractivity contribution in [1.82, 2.24) is 4.57 Å². The van der Waals surface area contributed by atoms with E-state index in [2.05, 4.69) is 0 Å². The molecule has 0 aliphatic rings. The van der Waals surface area contributed by atoms with E-state index in [1.807, 2.05) is 0 Å². The van der Waals surface area contributed by atoms with E-state index in [1.54, 1.807) is 36.7 Å². The van der Waals surface area contributed by atoms with Crippen LogP contribution in [0.3, 0.4) is 0 Å². The first-order chi connectivity index (χ1) is 8.97. The molecule has 2 rings (SSSR count). The van der Waals surface area contributed by atoms with Gasteiger partial charge in [0.1, 0.15) is 6.54 Å². The van der Waals surface area contributed by atoms with Gasteiger partial charge in [0.25, 0.3) is 5.69 Å². The Morgan fingerprint density at radius 2 is 2.16 bits per heavy atom. The normalized spacial score (nSPS) is 10.9. The molecule has 0 atom stereocenters. The molecular weight excluding hydrogens is 248 g/mol. The highest BCUT2D eigenvalue weighted by Gasteiger charge is 2.11. The Balaban J connectivity index is 2.26. The van der Waals surface area contributed by atoms with Crippen molar-refractivity contribution in [1.29, 1.82) is 0 Å². The van der Waals surface area contributed by atoms with E-state index in [1.165, 1.54) is 12.1 Å². The third-order valence-electron chi connectivity index (χ3n) is 2.63. The number of benzene rings is 1. The number of esters is 1. The molecule has 0 saturated carbocycles. The summed E-state index contributed by atoms with van der Waals surface area (Å²) in [5, 5.41) is 11.4. The Kier molecular flexibility index (Phi) is 3.50.